The SMILES string of the molecule is CC1CC(N)CN(c2ccccc2S(=O)(=O)C(F)(F)F)C1. The van der Waals surface area contributed by atoms with E-state index in [1.54, 1.807) is 4.90 Å². The van der Waals surface area contributed by atoms with Gasteiger partial charge in [0.25, 0.3) is 9.84 Å². The molecular formula is C13H17F3N2O2S. The monoisotopic (exact) mass is 322 g/mol. The Morgan fingerprint density at radius 3 is 2.43 bits per heavy atom. The maximum atomic E-state index is 12.8. The molecule has 0 amide bonds. The Kier molecular flexibility index (Phi) is 4.21. The first-order valence-corrected chi connectivity index (χ1v) is 8.02. The normalized spacial score (nSPS) is 24.1. The van der Waals surface area contributed by atoms with Gasteiger partial charge in [-0.1, -0.05) is 19.1 Å². The third-order valence-corrected chi connectivity index (χ3v) is 5.03. The average Bonchev–Trinajstić information content (AvgIpc) is 2.36. The van der Waals surface area contributed by atoms with Gasteiger partial charge in [0.2, 0.25) is 0 Å². The Labute approximate surface area is 121 Å². The summed E-state index contributed by atoms with van der Waals surface area (Å²) < 4.78 is 61.8. The maximum absolute atomic E-state index is 12.8. The standard InChI is InChI=1S/C13H17F3N2O2S/c1-9-6-10(17)8-18(7-9)11-4-2-3-5-12(11)21(19,20)13(14,15)16/h2-5,9-10H,6-8,17H2,1H3. The molecule has 2 unspecified atom stereocenters. The number of sulfone groups is 1. The van der Waals surface area contributed by atoms with Crippen LogP contribution in [0.5, 0.6) is 0 Å². The number of nitrogens with zero attached hydrogens (tertiary/aromatic N) is 1. The Bertz CT molecular complexity index is 606. The van der Waals surface area contributed by atoms with Crippen LogP contribution in [0.4, 0.5) is 18.9 Å². The van der Waals surface area contributed by atoms with E-state index in [4.69, 9.17) is 5.73 Å². The molecule has 1 aliphatic rings. The smallest absolute Gasteiger partial charge is 0.369 e. The lowest BCUT2D eigenvalue weighted by molar-refractivity contribution is -0.0435. The van der Waals surface area contributed by atoms with Crippen LogP contribution in [-0.2, 0) is 9.84 Å². The minimum absolute atomic E-state index is 0.0665. The van der Waals surface area contributed by atoms with Gasteiger partial charge in [-0.25, -0.2) is 8.42 Å². The number of halogens is 3. The molecule has 1 aromatic rings. The Morgan fingerprint density at radius 1 is 1.24 bits per heavy atom. The summed E-state index contributed by atoms with van der Waals surface area (Å²) in [6.45, 7) is 2.76. The third-order valence-electron chi connectivity index (χ3n) is 3.49. The van der Waals surface area contributed by atoms with Gasteiger partial charge < -0.3 is 10.6 Å². The van der Waals surface area contributed by atoms with E-state index in [-0.39, 0.29) is 17.6 Å². The first kappa shape index (κ1) is 16.1. The van der Waals surface area contributed by atoms with Gasteiger partial charge in [-0.15, -0.1) is 0 Å². The van der Waals surface area contributed by atoms with Crippen molar-refractivity contribution in [3.05, 3.63) is 24.3 Å². The fourth-order valence-electron chi connectivity index (χ4n) is 2.67. The molecular weight excluding hydrogens is 305 g/mol. The van der Waals surface area contributed by atoms with Crippen molar-refractivity contribution in [3.8, 4) is 0 Å². The molecule has 0 bridgehead atoms. The molecule has 1 aliphatic heterocycles. The van der Waals surface area contributed by atoms with Crippen molar-refractivity contribution < 1.29 is 21.6 Å². The van der Waals surface area contributed by atoms with Crippen molar-refractivity contribution in [1.82, 2.24) is 0 Å². The minimum Gasteiger partial charge on any atom is -0.369 e. The zero-order valence-corrected chi connectivity index (χ0v) is 12.3. The van der Waals surface area contributed by atoms with Crippen molar-refractivity contribution >= 4 is 15.5 Å². The van der Waals surface area contributed by atoms with Gasteiger partial charge in [0, 0.05) is 19.1 Å². The Morgan fingerprint density at radius 2 is 1.86 bits per heavy atom. The number of benzene rings is 1. The number of rotatable bonds is 2. The largest absolute Gasteiger partial charge is 0.501 e. The van der Waals surface area contributed by atoms with Gasteiger partial charge in [0.1, 0.15) is 0 Å². The summed E-state index contributed by atoms with van der Waals surface area (Å²) in [6.07, 6.45) is 0.769. The predicted molar refractivity (Wildman–Crippen MR) is 73.7 cm³/mol. The van der Waals surface area contributed by atoms with Crippen LogP contribution in [0, 0.1) is 5.92 Å². The Hall–Kier alpha value is -1.28. The molecule has 0 radical (unpaired) electrons. The molecule has 2 atom stereocenters. The molecule has 8 heteroatoms. The fraction of sp³-hybridized carbons (Fsp3) is 0.538. The Balaban J connectivity index is 2.47. The van der Waals surface area contributed by atoms with Gasteiger partial charge in [0.05, 0.1) is 10.6 Å². The number of anilines is 1. The summed E-state index contributed by atoms with van der Waals surface area (Å²) in [5, 5.41) is 0. The van der Waals surface area contributed by atoms with E-state index in [0.717, 1.165) is 12.5 Å². The number of piperidine rings is 1. The van der Waals surface area contributed by atoms with Gasteiger partial charge in [-0.05, 0) is 24.5 Å². The van der Waals surface area contributed by atoms with Crippen LogP contribution in [0.15, 0.2) is 29.2 Å². The molecule has 0 spiro atoms. The maximum Gasteiger partial charge on any atom is 0.501 e. The van der Waals surface area contributed by atoms with Crippen LogP contribution in [-0.4, -0.2) is 33.1 Å². The van der Waals surface area contributed by atoms with Crippen molar-refractivity contribution in [1.29, 1.82) is 0 Å². The van der Waals surface area contributed by atoms with Gasteiger partial charge in [-0.2, -0.15) is 13.2 Å². The molecule has 21 heavy (non-hydrogen) atoms. The lowest BCUT2D eigenvalue weighted by atomic mass is 9.96. The fourth-order valence-corrected chi connectivity index (χ4v) is 3.65. The number of alkyl halides is 3. The molecule has 4 nitrogen and oxygen atoms in total. The highest BCUT2D eigenvalue weighted by Gasteiger charge is 2.48. The quantitative estimate of drug-likeness (QED) is 0.906. The lowest BCUT2D eigenvalue weighted by Gasteiger charge is -2.37. The summed E-state index contributed by atoms with van der Waals surface area (Å²) in [5.74, 6) is 0.190. The van der Waals surface area contributed by atoms with E-state index in [2.05, 4.69) is 0 Å². The lowest BCUT2D eigenvalue weighted by Crippen LogP contribution is -2.47. The predicted octanol–water partition coefficient (Wildman–Crippen LogP) is 2.15. The van der Waals surface area contributed by atoms with Crippen LogP contribution in [0.2, 0.25) is 0 Å². The van der Waals surface area contributed by atoms with Crippen molar-refractivity contribution in [2.45, 2.75) is 29.8 Å². The number of hydrogen-bond donors (Lipinski definition) is 1. The van der Waals surface area contributed by atoms with Crippen molar-refractivity contribution in [2.24, 2.45) is 11.7 Å². The molecule has 1 aromatic carbocycles. The van der Waals surface area contributed by atoms with E-state index in [1.807, 2.05) is 6.92 Å². The average molecular weight is 322 g/mol. The summed E-state index contributed by atoms with van der Waals surface area (Å²) >= 11 is 0. The molecule has 1 fully saturated rings. The highest BCUT2D eigenvalue weighted by Crippen LogP contribution is 2.36. The zero-order valence-electron chi connectivity index (χ0n) is 11.5. The minimum atomic E-state index is -5.37. The van der Waals surface area contributed by atoms with E-state index < -0.39 is 20.2 Å². The summed E-state index contributed by atoms with van der Waals surface area (Å²) in [4.78, 5) is 0.913. The molecule has 0 saturated carbocycles. The molecule has 1 saturated heterocycles. The van der Waals surface area contributed by atoms with Crippen molar-refractivity contribution in [2.75, 3.05) is 18.0 Å². The zero-order chi connectivity index (χ0) is 15.8. The van der Waals surface area contributed by atoms with Gasteiger partial charge >= 0.3 is 5.51 Å². The summed E-state index contributed by atoms with van der Waals surface area (Å²) in [5.41, 5.74) is 0.638. The molecule has 118 valence electrons. The highest BCUT2D eigenvalue weighted by molar-refractivity contribution is 7.92. The van der Waals surface area contributed by atoms with E-state index in [9.17, 15) is 21.6 Å². The number of nitrogens with two attached hydrogens (primary N) is 1. The molecule has 0 aromatic heterocycles. The first-order chi connectivity index (χ1) is 9.63. The topological polar surface area (TPSA) is 63.4 Å². The number of para-hydroxylation sites is 1. The van der Waals surface area contributed by atoms with E-state index in [0.29, 0.717) is 13.1 Å². The molecule has 2 rings (SSSR count). The highest BCUT2D eigenvalue weighted by atomic mass is 32.2. The summed E-state index contributed by atoms with van der Waals surface area (Å²) in [7, 11) is -5.37. The third kappa shape index (κ3) is 3.16. The summed E-state index contributed by atoms with van der Waals surface area (Å²) in [6, 6.07) is 5.01. The van der Waals surface area contributed by atoms with Crippen LogP contribution in [0.25, 0.3) is 0 Å². The van der Waals surface area contributed by atoms with Gasteiger partial charge in [0.15, 0.2) is 0 Å². The molecule has 2 N–H and O–H groups in total. The van der Waals surface area contributed by atoms with Crippen LogP contribution >= 0.6 is 0 Å². The van der Waals surface area contributed by atoms with Crippen LogP contribution in [0.1, 0.15) is 13.3 Å². The second kappa shape index (κ2) is 5.49. The number of hydrogen-bond acceptors (Lipinski definition) is 4. The molecule has 1 heterocycles. The first-order valence-electron chi connectivity index (χ1n) is 6.54. The second-order valence-electron chi connectivity index (χ2n) is 5.42. The van der Waals surface area contributed by atoms with Crippen molar-refractivity contribution in [3.63, 3.8) is 0 Å². The second-order valence-corrected chi connectivity index (χ2v) is 7.33. The van der Waals surface area contributed by atoms with Crippen LogP contribution < -0.4 is 10.6 Å². The van der Waals surface area contributed by atoms with Gasteiger partial charge in [-0.3, -0.25) is 0 Å². The van der Waals surface area contributed by atoms with E-state index >= 15 is 0 Å². The molecule has 0 aliphatic carbocycles. The van der Waals surface area contributed by atoms with E-state index in [1.165, 1.54) is 18.2 Å². The van der Waals surface area contributed by atoms with Crippen LogP contribution in [0.3, 0.4) is 0 Å².